The van der Waals surface area contributed by atoms with Crippen molar-refractivity contribution < 1.29 is 19.7 Å². The molecule has 170 valence electrons. The van der Waals surface area contributed by atoms with Crippen molar-refractivity contribution in [3.8, 4) is 22.6 Å². The molecular weight excluding hydrogens is 416 g/mol. The predicted molar refractivity (Wildman–Crippen MR) is 129 cm³/mol. The average Bonchev–Trinajstić information content (AvgIpc) is 3.13. The maximum absolute atomic E-state index is 11.6. The van der Waals surface area contributed by atoms with Crippen LogP contribution in [0.25, 0.3) is 22.2 Å². The number of fused-ring (bicyclic) bond motifs is 1. The van der Waals surface area contributed by atoms with Gasteiger partial charge in [-0.3, -0.25) is 0 Å². The summed E-state index contributed by atoms with van der Waals surface area (Å²) in [5.74, 6) is 1.07. The minimum atomic E-state index is -0.940. The molecule has 0 aliphatic rings. The lowest BCUT2D eigenvalue weighted by Crippen LogP contribution is -2.07. The van der Waals surface area contributed by atoms with Gasteiger partial charge in [-0.25, -0.2) is 9.78 Å². The Morgan fingerprint density at radius 1 is 1.09 bits per heavy atom. The van der Waals surface area contributed by atoms with Crippen LogP contribution >= 0.6 is 0 Å². The number of phenolic OH excluding ortho intramolecular Hbond substituents is 1. The molecular formula is C27H28N2O4. The van der Waals surface area contributed by atoms with E-state index < -0.39 is 5.97 Å². The summed E-state index contributed by atoms with van der Waals surface area (Å²) < 4.78 is 7.40. The summed E-state index contributed by atoms with van der Waals surface area (Å²) in [5, 5.41) is 19.8. The van der Waals surface area contributed by atoms with E-state index in [4.69, 9.17) is 9.72 Å². The van der Waals surface area contributed by atoms with Crippen molar-refractivity contribution >= 4 is 17.0 Å². The molecule has 0 radical (unpaired) electrons. The predicted octanol–water partition coefficient (Wildman–Crippen LogP) is 5.75. The van der Waals surface area contributed by atoms with Crippen LogP contribution in [0.3, 0.4) is 0 Å². The number of hydrogen-bond donors (Lipinski definition) is 2. The van der Waals surface area contributed by atoms with Gasteiger partial charge in [-0.1, -0.05) is 56.3 Å². The van der Waals surface area contributed by atoms with E-state index >= 15 is 0 Å². The molecule has 0 aliphatic carbocycles. The Balaban J connectivity index is 1.70. The molecule has 0 fully saturated rings. The molecule has 0 bridgehead atoms. The zero-order valence-electron chi connectivity index (χ0n) is 19.1. The summed E-state index contributed by atoms with van der Waals surface area (Å²) in [6, 6.07) is 18.4. The summed E-state index contributed by atoms with van der Waals surface area (Å²) in [6.45, 7) is 4.97. The molecule has 2 N–H and O–H groups in total. The number of aromatic carboxylic acids is 1. The molecule has 0 spiro atoms. The Labute approximate surface area is 193 Å². The largest absolute Gasteiger partial charge is 0.504 e. The summed E-state index contributed by atoms with van der Waals surface area (Å²) in [5.41, 5.74) is 4.54. The third-order valence-electron chi connectivity index (χ3n) is 5.84. The number of ether oxygens (including phenoxy) is 1. The molecule has 33 heavy (non-hydrogen) atoms. The van der Waals surface area contributed by atoms with Gasteiger partial charge in [0.1, 0.15) is 5.82 Å². The van der Waals surface area contributed by atoms with Gasteiger partial charge in [-0.2, -0.15) is 0 Å². The van der Waals surface area contributed by atoms with Crippen LogP contribution in [0.4, 0.5) is 0 Å². The highest BCUT2D eigenvalue weighted by Gasteiger charge is 2.16. The third kappa shape index (κ3) is 4.70. The fourth-order valence-corrected chi connectivity index (χ4v) is 4.03. The summed E-state index contributed by atoms with van der Waals surface area (Å²) in [4.78, 5) is 16.4. The van der Waals surface area contributed by atoms with Crippen LogP contribution < -0.4 is 4.74 Å². The first-order valence-corrected chi connectivity index (χ1v) is 11.0. The molecule has 0 saturated heterocycles. The molecule has 3 aromatic carbocycles. The van der Waals surface area contributed by atoms with Gasteiger partial charge < -0.3 is 19.5 Å². The van der Waals surface area contributed by atoms with Crippen LogP contribution in [0.1, 0.15) is 42.0 Å². The molecule has 0 unspecified atom stereocenters. The number of carboxylic acids is 1. The van der Waals surface area contributed by atoms with E-state index in [0.29, 0.717) is 23.8 Å². The highest BCUT2D eigenvalue weighted by molar-refractivity contribution is 5.96. The minimum absolute atomic E-state index is 0.0854. The van der Waals surface area contributed by atoms with Crippen molar-refractivity contribution in [1.82, 2.24) is 9.55 Å². The van der Waals surface area contributed by atoms with Crippen LogP contribution in [0.2, 0.25) is 0 Å². The first kappa shape index (κ1) is 22.4. The van der Waals surface area contributed by atoms with Crippen molar-refractivity contribution in [3.05, 3.63) is 77.6 Å². The molecule has 6 heteroatoms. The summed E-state index contributed by atoms with van der Waals surface area (Å²) >= 11 is 0. The van der Waals surface area contributed by atoms with Crippen molar-refractivity contribution in [2.24, 2.45) is 5.92 Å². The van der Waals surface area contributed by atoms with Gasteiger partial charge in [-0.05, 0) is 35.1 Å². The maximum atomic E-state index is 11.6. The monoisotopic (exact) mass is 444 g/mol. The average molecular weight is 445 g/mol. The number of nitrogens with zero attached hydrogens (tertiary/aromatic N) is 2. The van der Waals surface area contributed by atoms with Crippen LogP contribution in [-0.2, 0) is 13.0 Å². The standard InChI is InChI=1S/C27H28N2O4/c1-17(2)8-13-26-28-22-14-25(33-3)24(30)15-23(22)29(26)16-18-9-11-19(12-10-18)20-6-4-5-7-21(20)27(31)32/h4-7,9-12,14-15,17,30H,8,13,16H2,1-3H3,(H,31,32). The van der Waals surface area contributed by atoms with E-state index in [1.165, 1.54) is 7.11 Å². The van der Waals surface area contributed by atoms with Gasteiger partial charge in [0.2, 0.25) is 0 Å². The van der Waals surface area contributed by atoms with Crippen molar-refractivity contribution in [3.63, 3.8) is 0 Å². The normalized spacial score (nSPS) is 11.3. The number of rotatable bonds is 8. The van der Waals surface area contributed by atoms with Crippen LogP contribution in [0.5, 0.6) is 11.5 Å². The second-order valence-electron chi connectivity index (χ2n) is 8.61. The highest BCUT2D eigenvalue weighted by atomic mass is 16.5. The van der Waals surface area contributed by atoms with Gasteiger partial charge in [0.15, 0.2) is 11.5 Å². The fraction of sp³-hybridized carbons (Fsp3) is 0.259. The van der Waals surface area contributed by atoms with Crippen molar-refractivity contribution in [2.75, 3.05) is 7.11 Å². The lowest BCUT2D eigenvalue weighted by atomic mass is 9.98. The number of carbonyl (C=O) groups is 1. The van der Waals surface area contributed by atoms with E-state index in [2.05, 4.69) is 18.4 Å². The molecule has 0 atom stereocenters. The number of aromatic nitrogens is 2. The number of aromatic hydroxyl groups is 1. The Hall–Kier alpha value is -3.80. The van der Waals surface area contributed by atoms with E-state index in [0.717, 1.165) is 40.8 Å². The summed E-state index contributed by atoms with van der Waals surface area (Å²) in [6.07, 6.45) is 1.84. The quantitative estimate of drug-likeness (QED) is 0.361. The SMILES string of the molecule is COc1cc2nc(CCC(C)C)n(Cc3ccc(-c4ccccc4C(=O)O)cc3)c2cc1O. The molecule has 6 nitrogen and oxygen atoms in total. The van der Waals surface area contributed by atoms with Crippen LogP contribution in [0.15, 0.2) is 60.7 Å². The Morgan fingerprint density at radius 2 is 1.82 bits per heavy atom. The van der Waals surface area contributed by atoms with Crippen LogP contribution in [0, 0.1) is 5.92 Å². The second-order valence-corrected chi connectivity index (χ2v) is 8.61. The minimum Gasteiger partial charge on any atom is -0.504 e. The van der Waals surface area contributed by atoms with Crippen LogP contribution in [-0.4, -0.2) is 32.8 Å². The zero-order valence-corrected chi connectivity index (χ0v) is 19.1. The van der Waals surface area contributed by atoms with Crippen molar-refractivity contribution in [1.29, 1.82) is 0 Å². The number of carboxylic acid groups (broad SMARTS) is 1. The number of benzene rings is 3. The Kier molecular flexibility index (Phi) is 6.36. The zero-order chi connectivity index (χ0) is 23.5. The highest BCUT2D eigenvalue weighted by Crippen LogP contribution is 2.32. The van der Waals surface area contributed by atoms with Gasteiger partial charge in [0.05, 0.1) is 23.7 Å². The van der Waals surface area contributed by atoms with Gasteiger partial charge in [0, 0.05) is 25.1 Å². The summed E-state index contributed by atoms with van der Waals surface area (Å²) in [7, 11) is 1.53. The molecule has 4 rings (SSSR count). The van der Waals surface area contributed by atoms with Gasteiger partial charge >= 0.3 is 5.97 Å². The first-order chi connectivity index (χ1) is 15.9. The van der Waals surface area contributed by atoms with E-state index in [-0.39, 0.29) is 11.3 Å². The molecule has 0 amide bonds. The lowest BCUT2D eigenvalue weighted by Gasteiger charge is -2.12. The number of phenols is 1. The van der Waals surface area contributed by atoms with Crippen molar-refractivity contribution in [2.45, 2.75) is 33.2 Å². The topological polar surface area (TPSA) is 84.6 Å². The van der Waals surface area contributed by atoms with E-state index in [1.54, 1.807) is 24.3 Å². The molecule has 1 aromatic heterocycles. The van der Waals surface area contributed by atoms with E-state index in [9.17, 15) is 15.0 Å². The molecule has 0 aliphatic heterocycles. The number of imidazole rings is 1. The van der Waals surface area contributed by atoms with E-state index in [1.807, 2.05) is 36.4 Å². The molecule has 1 heterocycles. The number of methoxy groups -OCH3 is 1. The number of hydrogen-bond acceptors (Lipinski definition) is 4. The van der Waals surface area contributed by atoms with Gasteiger partial charge in [0.25, 0.3) is 0 Å². The molecule has 4 aromatic rings. The number of aryl methyl sites for hydroxylation is 1. The fourth-order valence-electron chi connectivity index (χ4n) is 4.03. The Morgan fingerprint density at radius 3 is 2.48 bits per heavy atom. The first-order valence-electron chi connectivity index (χ1n) is 11.0. The smallest absolute Gasteiger partial charge is 0.336 e. The lowest BCUT2D eigenvalue weighted by molar-refractivity contribution is 0.0697. The Bertz CT molecular complexity index is 1290. The third-order valence-corrected chi connectivity index (χ3v) is 5.84. The van der Waals surface area contributed by atoms with Gasteiger partial charge in [-0.15, -0.1) is 0 Å². The maximum Gasteiger partial charge on any atom is 0.336 e. The second kappa shape index (κ2) is 9.36. The molecule has 0 saturated carbocycles.